The quantitative estimate of drug-likeness (QED) is 0.468. The minimum Gasteiger partial charge on any atom is -0.480 e. The van der Waals surface area contributed by atoms with Gasteiger partial charge in [0.25, 0.3) is 5.91 Å². The summed E-state index contributed by atoms with van der Waals surface area (Å²) in [5.41, 5.74) is 4.94. The molecule has 3 rings (SSSR count). The van der Waals surface area contributed by atoms with E-state index in [-0.39, 0.29) is 11.3 Å². The normalized spacial score (nSPS) is 14.8. The molecule has 0 atom stereocenters. The Bertz CT molecular complexity index is 1230. The highest BCUT2D eigenvalue weighted by atomic mass is 16.4. The fraction of sp³-hybridized carbons (Fsp3) is 0.452. The van der Waals surface area contributed by atoms with Crippen LogP contribution in [0.5, 0.6) is 0 Å². The average molecular weight is 485 g/mol. The van der Waals surface area contributed by atoms with Crippen LogP contribution < -0.4 is 5.32 Å². The van der Waals surface area contributed by atoms with E-state index in [9.17, 15) is 14.9 Å². The molecule has 0 aliphatic heterocycles. The first kappa shape index (κ1) is 27.0. The summed E-state index contributed by atoms with van der Waals surface area (Å²) < 4.78 is 0. The van der Waals surface area contributed by atoms with Crippen LogP contribution in [0.2, 0.25) is 0 Å². The molecule has 0 unspecified atom stereocenters. The van der Waals surface area contributed by atoms with Gasteiger partial charge in [0.1, 0.15) is 12.0 Å². The summed E-state index contributed by atoms with van der Waals surface area (Å²) >= 11 is 0. The number of nitrogens with one attached hydrogen (secondary N) is 1. The minimum atomic E-state index is -1.07. The number of carboxylic acid groups (broad SMARTS) is 1. The number of aliphatic carboxylic acids is 1. The van der Waals surface area contributed by atoms with Gasteiger partial charge in [0, 0.05) is 16.5 Å². The third-order valence-electron chi connectivity index (χ3n) is 7.77. The Morgan fingerprint density at radius 2 is 1.61 bits per heavy atom. The van der Waals surface area contributed by atoms with Gasteiger partial charge in [0.2, 0.25) is 0 Å². The lowest BCUT2D eigenvalue weighted by molar-refractivity contribution is -0.135. The number of hydrogen-bond acceptors (Lipinski definition) is 3. The van der Waals surface area contributed by atoms with Crippen LogP contribution in [-0.4, -0.2) is 23.5 Å². The summed E-state index contributed by atoms with van der Waals surface area (Å²) in [7, 11) is 0. The Balaban J connectivity index is 1.94. The molecule has 1 fully saturated rings. The van der Waals surface area contributed by atoms with Gasteiger partial charge in [-0.3, -0.25) is 9.59 Å². The van der Waals surface area contributed by atoms with Crippen LogP contribution in [-0.2, 0) is 10.2 Å². The number of nitriles is 1. The fourth-order valence-electron chi connectivity index (χ4n) is 5.41. The lowest BCUT2D eigenvalue weighted by Gasteiger charge is -2.34. The van der Waals surface area contributed by atoms with E-state index in [0.29, 0.717) is 5.56 Å². The molecule has 0 saturated heterocycles. The molecule has 0 radical (unpaired) electrons. The van der Waals surface area contributed by atoms with E-state index >= 15 is 0 Å². The third-order valence-corrected chi connectivity index (χ3v) is 7.77. The summed E-state index contributed by atoms with van der Waals surface area (Å²) in [5.74, 6) is 5.18. The number of carbonyl (C=O) groups is 2. The first-order valence-corrected chi connectivity index (χ1v) is 12.9. The molecule has 188 valence electrons. The number of aryl methyl sites for hydroxylation is 2. The van der Waals surface area contributed by atoms with Gasteiger partial charge in [-0.1, -0.05) is 69.2 Å². The second-order valence-electron chi connectivity index (χ2n) is 9.93. The van der Waals surface area contributed by atoms with E-state index in [1.165, 1.54) is 12.0 Å². The van der Waals surface area contributed by atoms with Crippen LogP contribution >= 0.6 is 0 Å². The SMILES string of the molecule is CCC(CC)(c1ccc(C#CC2(C#N)CCCCC2)c(C)c1)c1ccc(C(=O)NCC(=O)O)c(C)c1. The summed E-state index contributed by atoms with van der Waals surface area (Å²) in [6.07, 6.45) is 6.79. The molecule has 1 aliphatic rings. The van der Waals surface area contributed by atoms with Gasteiger partial charge >= 0.3 is 5.97 Å². The Kier molecular flexibility index (Phi) is 8.59. The smallest absolute Gasteiger partial charge is 0.322 e. The van der Waals surface area contributed by atoms with Crippen LogP contribution in [0.15, 0.2) is 36.4 Å². The number of carbonyl (C=O) groups excluding carboxylic acids is 1. The first-order chi connectivity index (χ1) is 17.2. The van der Waals surface area contributed by atoms with Gasteiger partial charge in [0.05, 0.1) is 6.07 Å². The predicted molar refractivity (Wildman–Crippen MR) is 142 cm³/mol. The van der Waals surface area contributed by atoms with Crippen molar-refractivity contribution in [1.29, 1.82) is 5.26 Å². The van der Waals surface area contributed by atoms with Gasteiger partial charge in [-0.15, -0.1) is 0 Å². The maximum Gasteiger partial charge on any atom is 0.322 e. The van der Waals surface area contributed by atoms with Crippen molar-refractivity contribution in [2.75, 3.05) is 6.54 Å². The van der Waals surface area contributed by atoms with E-state index in [0.717, 1.165) is 60.8 Å². The summed E-state index contributed by atoms with van der Waals surface area (Å²) in [6, 6.07) is 14.7. The van der Waals surface area contributed by atoms with Crippen molar-refractivity contribution in [3.05, 3.63) is 69.8 Å². The zero-order valence-electron chi connectivity index (χ0n) is 21.8. The summed E-state index contributed by atoms with van der Waals surface area (Å²) in [5, 5.41) is 21.0. The van der Waals surface area contributed by atoms with Crippen LogP contribution in [0, 0.1) is 42.4 Å². The Morgan fingerprint density at radius 1 is 1.00 bits per heavy atom. The van der Waals surface area contributed by atoms with Crippen molar-refractivity contribution in [2.45, 2.75) is 78.1 Å². The number of carboxylic acids is 1. The predicted octanol–water partition coefficient (Wildman–Crippen LogP) is 6.05. The topological polar surface area (TPSA) is 90.2 Å². The van der Waals surface area contributed by atoms with Crippen LogP contribution in [0.3, 0.4) is 0 Å². The van der Waals surface area contributed by atoms with E-state index in [1.807, 2.05) is 19.1 Å². The number of benzene rings is 2. The van der Waals surface area contributed by atoms with E-state index in [1.54, 1.807) is 6.07 Å². The molecule has 0 aromatic heterocycles. The van der Waals surface area contributed by atoms with E-state index < -0.39 is 17.9 Å². The van der Waals surface area contributed by atoms with Crippen molar-refractivity contribution in [1.82, 2.24) is 5.32 Å². The van der Waals surface area contributed by atoms with Gasteiger partial charge < -0.3 is 10.4 Å². The zero-order valence-corrected chi connectivity index (χ0v) is 21.8. The zero-order chi connectivity index (χ0) is 26.3. The Morgan fingerprint density at radius 3 is 2.14 bits per heavy atom. The standard InChI is InChI=1S/C31H36N2O3/c1-5-31(6-2,26-12-13-27(23(4)19-26)29(36)33-20-28(34)35)25-11-10-24(22(3)18-25)14-17-30(21-32)15-8-7-9-16-30/h10-13,18-19H,5-9,15-16,20H2,1-4H3,(H,33,36)(H,34,35). The van der Waals surface area contributed by atoms with Crippen LogP contribution in [0.25, 0.3) is 0 Å². The van der Waals surface area contributed by atoms with E-state index in [4.69, 9.17) is 5.11 Å². The molecule has 36 heavy (non-hydrogen) atoms. The van der Waals surface area contributed by atoms with Crippen molar-refractivity contribution in [3.63, 3.8) is 0 Å². The molecule has 0 bridgehead atoms. The molecule has 2 N–H and O–H groups in total. The molecule has 2 aromatic rings. The molecular formula is C31H36N2O3. The van der Waals surface area contributed by atoms with Crippen molar-refractivity contribution in [2.24, 2.45) is 5.41 Å². The Hall–Kier alpha value is -3.57. The van der Waals surface area contributed by atoms with Gasteiger partial charge in [-0.2, -0.15) is 5.26 Å². The van der Waals surface area contributed by atoms with Gasteiger partial charge in [0.15, 0.2) is 0 Å². The third kappa shape index (κ3) is 5.63. The average Bonchev–Trinajstić information content (AvgIpc) is 2.88. The second-order valence-corrected chi connectivity index (χ2v) is 9.93. The van der Waals surface area contributed by atoms with Crippen LogP contribution in [0.1, 0.15) is 97.0 Å². The number of amides is 1. The molecular weight excluding hydrogens is 448 g/mol. The largest absolute Gasteiger partial charge is 0.480 e. The van der Waals surface area contributed by atoms with Crippen molar-refractivity contribution < 1.29 is 14.7 Å². The molecule has 2 aromatic carbocycles. The molecule has 1 saturated carbocycles. The number of nitrogens with zero attached hydrogens (tertiary/aromatic N) is 1. The number of rotatable bonds is 7. The molecule has 5 nitrogen and oxygen atoms in total. The highest BCUT2D eigenvalue weighted by Gasteiger charge is 2.32. The second kappa shape index (κ2) is 11.4. The fourth-order valence-corrected chi connectivity index (χ4v) is 5.41. The highest BCUT2D eigenvalue weighted by molar-refractivity contribution is 5.97. The van der Waals surface area contributed by atoms with Crippen LogP contribution in [0.4, 0.5) is 0 Å². The molecule has 1 amide bonds. The highest BCUT2D eigenvalue weighted by Crippen LogP contribution is 2.40. The molecule has 1 aliphatic carbocycles. The summed E-state index contributed by atoms with van der Waals surface area (Å²) in [6.45, 7) is 7.91. The lowest BCUT2D eigenvalue weighted by atomic mass is 9.69. The molecule has 0 heterocycles. The first-order valence-electron chi connectivity index (χ1n) is 12.9. The minimum absolute atomic E-state index is 0.227. The van der Waals surface area contributed by atoms with Crippen molar-refractivity contribution >= 4 is 11.9 Å². The molecule has 0 spiro atoms. The molecule has 5 heteroatoms. The maximum atomic E-state index is 12.4. The monoisotopic (exact) mass is 484 g/mol. The van der Waals surface area contributed by atoms with Crippen molar-refractivity contribution in [3.8, 4) is 17.9 Å². The van der Waals surface area contributed by atoms with Gasteiger partial charge in [-0.25, -0.2) is 0 Å². The van der Waals surface area contributed by atoms with E-state index in [2.05, 4.69) is 62.2 Å². The maximum absolute atomic E-state index is 12.4. The summed E-state index contributed by atoms with van der Waals surface area (Å²) in [4.78, 5) is 23.2. The Labute approximate surface area is 214 Å². The van der Waals surface area contributed by atoms with Gasteiger partial charge in [-0.05, 0) is 73.9 Å². The number of hydrogen-bond donors (Lipinski definition) is 2. The lowest BCUT2D eigenvalue weighted by Crippen LogP contribution is -2.30.